The van der Waals surface area contributed by atoms with Gasteiger partial charge in [-0.2, -0.15) is 4.68 Å². The normalized spacial score (nSPS) is 22.4. The van der Waals surface area contributed by atoms with Gasteiger partial charge < -0.3 is 4.90 Å². The van der Waals surface area contributed by atoms with E-state index in [0.717, 1.165) is 31.3 Å². The van der Waals surface area contributed by atoms with Crippen LogP contribution in [0.5, 0.6) is 0 Å². The van der Waals surface area contributed by atoms with Crippen molar-refractivity contribution in [1.29, 1.82) is 0 Å². The van der Waals surface area contributed by atoms with Gasteiger partial charge in [-0.1, -0.05) is 49.9 Å². The molecule has 6 nitrogen and oxygen atoms in total. The van der Waals surface area contributed by atoms with Crippen molar-refractivity contribution >= 4 is 17.7 Å². The van der Waals surface area contributed by atoms with Crippen molar-refractivity contribution in [3.05, 3.63) is 41.2 Å². The molecule has 0 N–H and O–H groups in total. The number of carbonyl (C=O) groups excluding carboxylic acids is 1. The topological polar surface area (TPSA) is 54.3 Å². The highest BCUT2D eigenvalue weighted by Gasteiger charge is 2.43. The Bertz CT molecular complexity index is 823. The summed E-state index contributed by atoms with van der Waals surface area (Å²) in [4.78, 5) is 22.3. The molecule has 0 amide bonds. The average molecular weight is 386 g/mol. The van der Waals surface area contributed by atoms with E-state index < -0.39 is 0 Å². The van der Waals surface area contributed by atoms with Gasteiger partial charge in [-0.25, -0.2) is 4.98 Å². The number of rotatable bonds is 4. The van der Waals surface area contributed by atoms with Crippen LogP contribution >= 0.6 is 11.8 Å². The molecule has 2 atom stereocenters. The highest BCUT2D eigenvalue weighted by molar-refractivity contribution is 8.00. The van der Waals surface area contributed by atoms with E-state index in [-0.39, 0.29) is 17.2 Å². The number of fused-ring (bicyclic) bond motifs is 1. The minimum atomic E-state index is -0.200. The van der Waals surface area contributed by atoms with Crippen LogP contribution in [0.25, 0.3) is 0 Å². The minimum absolute atomic E-state index is 0.0428. The van der Waals surface area contributed by atoms with Gasteiger partial charge in [0.2, 0.25) is 0 Å². The van der Waals surface area contributed by atoms with E-state index in [1.165, 1.54) is 15.8 Å². The Hall–Kier alpha value is -1.70. The third-order valence-corrected chi connectivity index (χ3v) is 6.72. The summed E-state index contributed by atoms with van der Waals surface area (Å²) in [6.45, 7) is 10.2. The Labute approximate surface area is 164 Å². The molecule has 0 aliphatic carbocycles. The molecule has 7 heteroatoms. The number of benzene rings is 1. The van der Waals surface area contributed by atoms with Crippen LogP contribution in [0.15, 0.2) is 29.4 Å². The Morgan fingerprint density at radius 2 is 1.70 bits per heavy atom. The second kappa shape index (κ2) is 7.37. The molecule has 1 saturated heterocycles. The number of hydrogen-bond acceptors (Lipinski definition) is 6. The Balaban J connectivity index is 1.66. The van der Waals surface area contributed by atoms with Crippen LogP contribution < -0.4 is 0 Å². The van der Waals surface area contributed by atoms with Gasteiger partial charge in [-0.05, 0) is 31.0 Å². The van der Waals surface area contributed by atoms with Gasteiger partial charge in [0.15, 0.2) is 5.16 Å². The third kappa shape index (κ3) is 3.56. The van der Waals surface area contributed by atoms with Gasteiger partial charge >= 0.3 is 0 Å². The smallest absolute Gasteiger partial charge is 0.264 e. The molecule has 2 unspecified atom stereocenters. The SMILES string of the molecule is Cc1nc2n(n1)C(=O)C(C(c1ccc(C(C)C)cc1)N1CCN(C)CC1)S2. The second-order valence-corrected chi connectivity index (χ2v) is 8.94. The average Bonchev–Trinajstić information content (AvgIpc) is 3.15. The Morgan fingerprint density at radius 3 is 2.30 bits per heavy atom. The van der Waals surface area contributed by atoms with E-state index >= 15 is 0 Å². The van der Waals surface area contributed by atoms with Crippen LogP contribution in [-0.2, 0) is 0 Å². The zero-order valence-electron chi connectivity index (χ0n) is 16.4. The molecule has 0 bridgehead atoms. The van der Waals surface area contributed by atoms with Gasteiger partial charge in [0, 0.05) is 26.2 Å². The zero-order chi connectivity index (χ0) is 19.1. The molecular weight excluding hydrogens is 358 g/mol. The van der Waals surface area contributed by atoms with E-state index in [1.54, 1.807) is 11.8 Å². The van der Waals surface area contributed by atoms with Crippen LogP contribution in [-0.4, -0.2) is 68.9 Å². The minimum Gasteiger partial charge on any atom is -0.304 e. The largest absolute Gasteiger partial charge is 0.304 e. The van der Waals surface area contributed by atoms with Crippen LogP contribution in [0.3, 0.4) is 0 Å². The highest BCUT2D eigenvalue weighted by atomic mass is 32.2. The lowest BCUT2D eigenvalue weighted by molar-refractivity contribution is 0.0766. The summed E-state index contributed by atoms with van der Waals surface area (Å²) in [6.07, 6.45) is 0. The molecule has 1 aromatic heterocycles. The molecule has 2 aliphatic heterocycles. The van der Waals surface area contributed by atoms with Crippen LogP contribution in [0.4, 0.5) is 0 Å². The number of nitrogens with zero attached hydrogens (tertiary/aromatic N) is 5. The maximum Gasteiger partial charge on any atom is 0.264 e. The Morgan fingerprint density at radius 1 is 1.07 bits per heavy atom. The number of aromatic nitrogens is 3. The van der Waals surface area contributed by atoms with Crippen molar-refractivity contribution in [1.82, 2.24) is 24.6 Å². The van der Waals surface area contributed by atoms with Crippen molar-refractivity contribution in [2.45, 2.75) is 43.1 Å². The predicted molar refractivity (Wildman–Crippen MR) is 107 cm³/mol. The van der Waals surface area contributed by atoms with Crippen LogP contribution in [0.2, 0.25) is 0 Å². The highest BCUT2D eigenvalue weighted by Crippen LogP contribution is 2.41. The lowest BCUT2D eigenvalue weighted by Gasteiger charge is -2.39. The molecule has 3 heterocycles. The van der Waals surface area contributed by atoms with Crippen LogP contribution in [0, 0.1) is 6.92 Å². The molecular formula is C20H27N5OS. The van der Waals surface area contributed by atoms with Gasteiger partial charge in [0.1, 0.15) is 11.1 Å². The molecule has 2 aliphatic rings. The number of piperazine rings is 1. The predicted octanol–water partition coefficient (Wildman–Crippen LogP) is 2.81. The first kappa shape index (κ1) is 18.7. The first-order chi connectivity index (χ1) is 12.9. The number of aryl methyl sites for hydroxylation is 1. The summed E-state index contributed by atoms with van der Waals surface area (Å²) in [7, 11) is 2.15. The monoisotopic (exact) mass is 385 g/mol. The number of thioether (sulfide) groups is 1. The van der Waals surface area contributed by atoms with Gasteiger partial charge in [-0.3, -0.25) is 9.69 Å². The van der Waals surface area contributed by atoms with Crippen molar-refractivity contribution in [3.63, 3.8) is 0 Å². The standard InChI is InChI=1S/C20H27N5OS/c1-13(2)15-5-7-16(8-6-15)17(24-11-9-23(4)10-12-24)18-19(26)25-20(27-18)21-14(3)22-25/h5-8,13,17-18H,9-12H2,1-4H3. The molecule has 4 rings (SSSR count). The summed E-state index contributed by atoms with van der Waals surface area (Å²) < 4.78 is 1.50. The molecule has 0 spiro atoms. The second-order valence-electron chi connectivity index (χ2n) is 7.84. The van der Waals surface area contributed by atoms with Gasteiger partial charge in [0.05, 0.1) is 6.04 Å². The molecule has 1 aromatic carbocycles. The van der Waals surface area contributed by atoms with Crippen molar-refractivity contribution in [2.75, 3.05) is 33.2 Å². The molecule has 1 fully saturated rings. The summed E-state index contributed by atoms with van der Waals surface area (Å²) in [5, 5.41) is 4.82. The maximum absolute atomic E-state index is 13.1. The lowest BCUT2D eigenvalue weighted by atomic mass is 9.96. The van der Waals surface area contributed by atoms with E-state index in [4.69, 9.17) is 0 Å². The Kier molecular flexibility index (Phi) is 5.09. The fourth-order valence-corrected chi connectivity index (χ4v) is 5.16. The zero-order valence-corrected chi connectivity index (χ0v) is 17.2. The summed E-state index contributed by atoms with van der Waals surface area (Å²) in [5.74, 6) is 1.20. The summed E-state index contributed by atoms with van der Waals surface area (Å²) >= 11 is 1.56. The van der Waals surface area contributed by atoms with Gasteiger partial charge in [0.25, 0.3) is 5.91 Å². The van der Waals surface area contributed by atoms with E-state index in [9.17, 15) is 4.79 Å². The number of likely N-dealkylation sites (N-methyl/N-ethyl adjacent to an activating group) is 1. The third-order valence-electron chi connectivity index (χ3n) is 5.53. The molecule has 0 saturated carbocycles. The van der Waals surface area contributed by atoms with Crippen molar-refractivity contribution in [3.8, 4) is 0 Å². The quantitative estimate of drug-likeness (QED) is 0.807. The first-order valence-electron chi connectivity index (χ1n) is 9.61. The number of carbonyl (C=O) groups is 1. The van der Waals surface area contributed by atoms with E-state index in [1.807, 2.05) is 6.92 Å². The summed E-state index contributed by atoms with van der Waals surface area (Å²) in [5.41, 5.74) is 2.53. The number of hydrogen-bond donors (Lipinski definition) is 0. The summed E-state index contributed by atoms with van der Waals surface area (Å²) in [6, 6.07) is 8.85. The first-order valence-corrected chi connectivity index (χ1v) is 10.5. The molecule has 2 aromatic rings. The molecule has 0 radical (unpaired) electrons. The maximum atomic E-state index is 13.1. The van der Waals surface area contributed by atoms with Crippen molar-refractivity contribution in [2.24, 2.45) is 0 Å². The lowest BCUT2D eigenvalue weighted by Crippen LogP contribution is -2.49. The van der Waals surface area contributed by atoms with Gasteiger partial charge in [-0.15, -0.1) is 5.10 Å². The van der Waals surface area contributed by atoms with Crippen LogP contribution in [0.1, 0.15) is 47.6 Å². The fourth-order valence-electron chi connectivity index (χ4n) is 3.85. The van der Waals surface area contributed by atoms with Crippen molar-refractivity contribution < 1.29 is 4.79 Å². The molecule has 27 heavy (non-hydrogen) atoms. The van der Waals surface area contributed by atoms with E-state index in [0.29, 0.717) is 11.7 Å². The van der Waals surface area contributed by atoms with E-state index in [2.05, 4.69) is 65.0 Å². The fraction of sp³-hybridized carbons (Fsp3) is 0.550. The molecule has 144 valence electrons.